The van der Waals surface area contributed by atoms with Crippen LogP contribution in [-0.2, 0) is 14.4 Å². The SMILES string of the molecule is C1CCONC1.CC(C)(C)OC(=O)N1CCCCO1.Cl.Cl. The Morgan fingerprint density at radius 1 is 1.10 bits per heavy atom. The van der Waals surface area contributed by atoms with E-state index in [0.29, 0.717) is 13.2 Å². The molecule has 2 aliphatic heterocycles. The van der Waals surface area contributed by atoms with Gasteiger partial charge in [-0.15, -0.1) is 24.8 Å². The van der Waals surface area contributed by atoms with E-state index in [9.17, 15) is 4.79 Å². The zero-order chi connectivity index (χ0) is 14.1. The van der Waals surface area contributed by atoms with Crippen LogP contribution >= 0.6 is 24.8 Å². The van der Waals surface area contributed by atoms with Crippen molar-refractivity contribution in [1.82, 2.24) is 10.5 Å². The normalized spacial score (nSPS) is 18.3. The Morgan fingerprint density at radius 2 is 1.76 bits per heavy atom. The van der Waals surface area contributed by atoms with Gasteiger partial charge in [-0.05, 0) is 46.5 Å². The molecule has 0 aromatic heterocycles. The number of nitrogens with one attached hydrogen (secondary N) is 1. The Balaban J connectivity index is 0. The molecular weight excluding hydrogens is 319 g/mol. The molecule has 0 aromatic rings. The summed E-state index contributed by atoms with van der Waals surface area (Å²) in [5.74, 6) is 0. The summed E-state index contributed by atoms with van der Waals surface area (Å²) in [6, 6.07) is 0. The number of carbonyl (C=O) groups excluding carboxylic acids is 1. The minimum absolute atomic E-state index is 0. The monoisotopic (exact) mass is 346 g/mol. The highest BCUT2D eigenvalue weighted by atomic mass is 35.5. The quantitative estimate of drug-likeness (QED) is 0.730. The minimum atomic E-state index is -0.447. The zero-order valence-corrected chi connectivity index (χ0v) is 14.7. The average molecular weight is 347 g/mol. The summed E-state index contributed by atoms with van der Waals surface area (Å²) < 4.78 is 5.14. The van der Waals surface area contributed by atoms with Crippen LogP contribution in [0.4, 0.5) is 4.79 Å². The van der Waals surface area contributed by atoms with Crippen molar-refractivity contribution in [3.05, 3.63) is 0 Å². The van der Waals surface area contributed by atoms with Gasteiger partial charge in [0.1, 0.15) is 5.60 Å². The van der Waals surface area contributed by atoms with Crippen molar-refractivity contribution in [3.8, 4) is 0 Å². The Hall–Kier alpha value is -0.270. The molecule has 0 unspecified atom stereocenters. The van der Waals surface area contributed by atoms with E-state index in [2.05, 4.69) is 5.48 Å². The van der Waals surface area contributed by atoms with E-state index in [1.165, 1.54) is 17.9 Å². The van der Waals surface area contributed by atoms with Crippen molar-refractivity contribution in [1.29, 1.82) is 0 Å². The summed E-state index contributed by atoms with van der Waals surface area (Å²) >= 11 is 0. The Labute approximate surface area is 139 Å². The third-order valence-corrected chi connectivity index (χ3v) is 2.48. The van der Waals surface area contributed by atoms with Crippen LogP contribution in [0.5, 0.6) is 0 Å². The highest BCUT2D eigenvalue weighted by Crippen LogP contribution is 2.13. The number of carbonyl (C=O) groups is 1. The summed E-state index contributed by atoms with van der Waals surface area (Å²) in [6.45, 7) is 8.69. The first-order valence-electron chi connectivity index (χ1n) is 6.97. The number of hydrogen-bond donors (Lipinski definition) is 1. The Kier molecular flexibility index (Phi) is 13.5. The predicted octanol–water partition coefficient (Wildman–Crippen LogP) is 3.09. The molecule has 8 heteroatoms. The molecule has 2 fully saturated rings. The number of rotatable bonds is 0. The summed E-state index contributed by atoms with van der Waals surface area (Å²) in [6.07, 6.45) is 4.10. The number of hydrogen-bond acceptors (Lipinski definition) is 5. The lowest BCUT2D eigenvalue weighted by molar-refractivity contribution is -0.165. The van der Waals surface area contributed by atoms with Gasteiger partial charge in [-0.1, -0.05) is 0 Å². The predicted molar refractivity (Wildman–Crippen MR) is 85.8 cm³/mol. The molecule has 2 saturated heterocycles. The lowest BCUT2D eigenvalue weighted by atomic mass is 10.2. The molecule has 0 aromatic carbocycles. The summed E-state index contributed by atoms with van der Waals surface area (Å²) in [5.41, 5.74) is 2.34. The van der Waals surface area contributed by atoms with Crippen LogP contribution in [0, 0.1) is 0 Å². The minimum Gasteiger partial charge on any atom is -0.442 e. The second-order valence-electron chi connectivity index (χ2n) is 5.57. The lowest BCUT2D eigenvalue weighted by Gasteiger charge is -2.28. The molecule has 2 heterocycles. The largest absolute Gasteiger partial charge is 0.442 e. The second-order valence-corrected chi connectivity index (χ2v) is 5.57. The van der Waals surface area contributed by atoms with Gasteiger partial charge >= 0.3 is 6.09 Å². The van der Waals surface area contributed by atoms with E-state index in [-0.39, 0.29) is 30.9 Å². The van der Waals surface area contributed by atoms with Crippen LogP contribution in [0.2, 0.25) is 0 Å². The van der Waals surface area contributed by atoms with E-state index in [4.69, 9.17) is 14.4 Å². The molecule has 6 nitrogen and oxygen atoms in total. The van der Waals surface area contributed by atoms with Crippen LogP contribution in [0.3, 0.4) is 0 Å². The van der Waals surface area contributed by atoms with Gasteiger partial charge in [0.25, 0.3) is 0 Å². The number of nitrogens with zero attached hydrogens (tertiary/aromatic N) is 1. The molecule has 0 bridgehead atoms. The van der Waals surface area contributed by atoms with E-state index >= 15 is 0 Å². The molecule has 0 radical (unpaired) electrons. The van der Waals surface area contributed by atoms with Crippen molar-refractivity contribution < 1.29 is 19.2 Å². The smallest absolute Gasteiger partial charge is 0.434 e. The first-order valence-corrected chi connectivity index (χ1v) is 6.97. The number of amides is 1. The van der Waals surface area contributed by atoms with Gasteiger partial charge in [-0.25, -0.2) is 10.3 Å². The number of hydroxylamine groups is 3. The van der Waals surface area contributed by atoms with Crippen molar-refractivity contribution >= 4 is 30.9 Å². The Morgan fingerprint density at radius 3 is 2.10 bits per heavy atom. The number of ether oxygens (including phenoxy) is 1. The van der Waals surface area contributed by atoms with E-state index in [0.717, 1.165) is 26.0 Å². The van der Waals surface area contributed by atoms with Gasteiger partial charge in [0.2, 0.25) is 0 Å². The van der Waals surface area contributed by atoms with Crippen LogP contribution in [0.1, 0.15) is 46.5 Å². The maximum atomic E-state index is 11.4. The van der Waals surface area contributed by atoms with Crippen molar-refractivity contribution in [2.45, 2.75) is 52.1 Å². The zero-order valence-electron chi connectivity index (χ0n) is 13.1. The van der Waals surface area contributed by atoms with Crippen LogP contribution in [-0.4, -0.2) is 43.1 Å². The van der Waals surface area contributed by atoms with Gasteiger partial charge in [-0.3, -0.25) is 4.84 Å². The Bertz CT molecular complexity index is 254. The summed E-state index contributed by atoms with van der Waals surface area (Å²) in [5, 5.41) is 1.30. The first kappa shape index (κ1) is 23.0. The highest BCUT2D eigenvalue weighted by Gasteiger charge is 2.24. The lowest BCUT2D eigenvalue weighted by Crippen LogP contribution is -2.39. The summed E-state index contributed by atoms with van der Waals surface area (Å²) in [7, 11) is 0. The van der Waals surface area contributed by atoms with Gasteiger partial charge in [-0.2, -0.15) is 5.06 Å². The van der Waals surface area contributed by atoms with Crippen LogP contribution < -0.4 is 5.48 Å². The first-order chi connectivity index (χ1) is 8.99. The fourth-order valence-corrected chi connectivity index (χ4v) is 1.57. The third-order valence-electron chi connectivity index (χ3n) is 2.48. The third kappa shape index (κ3) is 12.0. The molecule has 128 valence electrons. The molecule has 1 N–H and O–H groups in total. The highest BCUT2D eigenvalue weighted by molar-refractivity contribution is 5.85. The van der Waals surface area contributed by atoms with Gasteiger partial charge in [0.05, 0.1) is 19.8 Å². The van der Waals surface area contributed by atoms with Crippen molar-refractivity contribution in [2.75, 3.05) is 26.3 Å². The second kappa shape index (κ2) is 12.3. The standard InChI is InChI=1S/C9H17NO3.C4H9NO.2ClH/c1-9(2,3)13-8(11)10-6-4-5-7-12-10;1-2-4-6-5-3-1;;/h4-7H2,1-3H3;5H,1-4H2;2*1H. The molecule has 2 aliphatic rings. The van der Waals surface area contributed by atoms with E-state index in [1.807, 2.05) is 20.8 Å². The van der Waals surface area contributed by atoms with Gasteiger partial charge < -0.3 is 9.57 Å². The fraction of sp³-hybridized carbons (Fsp3) is 0.923. The molecule has 21 heavy (non-hydrogen) atoms. The van der Waals surface area contributed by atoms with E-state index in [1.54, 1.807) is 0 Å². The molecule has 0 spiro atoms. The van der Waals surface area contributed by atoms with Crippen LogP contribution in [0.15, 0.2) is 0 Å². The number of halogens is 2. The molecule has 0 atom stereocenters. The van der Waals surface area contributed by atoms with Gasteiger partial charge in [0, 0.05) is 6.54 Å². The molecule has 0 aliphatic carbocycles. The van der Waals surface area contributed by atoms with Crippen molar-refractivity contribution in [2.24, 2.45) is 0 Å². The van der Waals surface area contributed by atoms with Crippen molar-refractivity contribution in [3.63, 3.8) is 0 Å². The maximum absolute atomic E-state index is 11.4. The molecule has 1 amide bonds. The maximum Gasteiger partial charge on any atom is 0.434 e. The molecule has 0 saturated carbocycles. The van der Waals surface area contributed by atoms with E-state index < -0.39 is 5.60 Å². The molecule has 2 rings (SSSR count). The van der Waals surface area contributed by atoms with Gasteiger partial charge in [0.15, 0.2) is 0 Å². The van der Waals surface area contributed by atoms with Crippen LogP contribution in [0.25, 0.3) is 0 Å². The summed E-state index contributed by atoms with van der Waals surface area (Å²) in [4.78, 5) is 21.4. The molecular formula is C13H28Cl2N2O4. The fourth-order valence-electron chi connectivity index (χ4n) is 1.57. The average Bonchev–Trinajstić information content (AvgIpc) is 2.40. The topological polar surface area (TPSA) is 60.0 Å².